The van der Waals surface area contributed by atoms with E-state index in [0.717, 1.165) is 18.8 Å². The molecule has 4 atom stereocenters. The van der Waals surface area contributed by atoms with Crippen molar-refractivity contribution in [3.63, 3.8) is 0 Å². The van der Waals surface area contributed by atoms with Crippen LogP contribution in [0, 0.1) is 5.92 Å². The molecular formula is C11H21NOS. The van der Waals surface area contributed by atoms with Gasteiger partial charge < -0.3 is 10.4 Å². The molecule has 2 unspecified atom stereocenters. The lowest BCUT2D eigenvalue weighted by Gasteiger charge is -2.32. The highest BCUT2D eigenvalue weighted by Crippen LogP contribution is 2.26. The third-order valence-electron chi connectivity index (χ3n) is 3.52. The number of hydrogen-bond donors (Lipinski definition) is 2. The van der Waals surface area contributed by atoms with Gasteiger partial charge in [-0.1, -0.05) is 19.8 Å². The van der Waals surface area contributed by atoms with E-state index < -0.39 is 0 Å². The van der Waals surface area contributed by atoms with Crippen LogP contribution in [0.1, 0.15) is 32.6 Å². The standard InChI is InChI=1S/C11H21NOS/c1-8-6-14-7-10(8)12-9-4-2-3-5-11(9)13/h8-13H,2-7H2,1H3/t8?,9-,10?,11-/m1/s1. The predicted molar refractivity (Wildman–Crippen MR) is 61.7 cm³/mol. The average molecular weight is 215 g/mol. The van der Waals surface area contributed by atoms with E-state index in [1.165, 1.54) is 24.3 Å². The second-order valence-electron chi connectivity index (χ2n) is 4.75. The lowest BCUT2D eigenvalue weighted by molar-refractivity contribution is 0.0838. The molecule has 0 aromatic carbocycles. The lowest BCUT2D eigenvalue weighted by atomic mass is 9.91. The summed E-state index contributed by atoms with van der Waals surface area (Å²) in [4.78, 5) is 0. The summed E-state index contributed by atoms with van der Waals surface area (Å²) < 4.78 is 0. The van der Waals surface area contributed by atoms with E-state index >= 15 is 0 Å². The summed E-state index contributed by atoms with van der Waals surface area (Å²) in [5, 5.41) is 13.5. The molecule has 2 rings (SSSR count). The van der Waals surface area contributed by atoms with Crippen LogP contribution < -0.4 is 5.32 Å². The zero-order chi connectivity index (χ0) is 9.97. The number of rotatable bonds is 2. The van der Waals surface area contributed by atoms with Crippen molar-refractivity contribution in [2.24, 2.45) is 5.92 Å². The van der Waals surface area contributed by atoms with Gasteiger partial charge in [-0.2, -0.15) is 11.8 Å². The molecule has 14 heavy (non-hydrogen) atoms. The topological polar surface area (TPSA) is 32.3 Å². The van der Waals surface area contributed by atoms with Crippen molar-refractivity contribution in [1.82, 2.24) is 5.32 Å². The summed E-state index contributed by atoms with van der Waals surface area (Å²) in [5.74, 6) is 3.28. The summed E-state index contributed by atoms with van der Waals surface area (Å²) in [6, 6.07) is 1.01. The van der Waals surface area contributed by atoms with Crippen LogP contribution in [-0.2, 0) is 0 Å². The van der Waals surface area contributed by atoms with Crippen LogP contribution in [0.15, 0.2) is 0 Å². The maximum Gasteiger partial charge on any atom is 0.0693 e. The van der Waals surface area contributed by atoms with E-state index in [9.17, 15) is 5.11 Å². The van der Waals surface area contributed by atoms with Gasteiger partial charge in [-0.3, -0.25) is 0 Å². The van der Waals surface area contributed by atoms with Crippen molar-refractivity contribution in [2.75, 3.05) is 11.5 Å². The maximum absolute atomic E-state index is 9.85. The molecule has 1 saturated heterocycles. The van der Waals surface area contributed by atoms with Crippen LogP contribution in [0.2, 0.25) is 0 Å². The lowest BCUT2D eigenvalue weighted by Crippen LogP contribution is -2.49. The Labute approximate surface area is 90.8 Å². The minimum atomic E-state index is -0.0958. The van der Waals surface area contributed by atoms with Gasteiger partial charge in [-0.25, -0.2) is 0 Å². The van der Waals surface area contributed by atoms with Gasteiger partial charge in [0.25, 0.3) is 0 Å². The van der Waals surface area contributed by atoms with Crippen LogP contribution in [0.5, 0.6) is 0 Å². The van der Waals surface area contributed by atoms with E-state index in [2.05, 4.69) is 12.2 Å². The average Bonchev–Trinajstić information content (AvgIpc) is 2.56. The Hall–Kier alpha value is 0.270. The molecule has 0 amide bonds. The number of hydrogen-bond acceptors (Lipinski definition) is 3. The van der Waals surface area contributed by atoms with Gasteiger partial charge in [0.1, 0.15) is 0 Å². The van der Waals surface area contributed by atoms with E-state index in [4.69, 9.17) is 0 Å². The third-order valence-corrected chi connectivity index (χ3v) is 4.88. The fourth-order valence-electron chi connectivity index (χ4n) is 2.45. The number of aliphatic hydroxyl groups excluding tert-OH is 1. The Morgan fingerprint density at radius 2 is 1.93 bits per heavy atom. The molecule has 0 spiro atoms. The SMILES string of the molecule is CC1CSCC1N[C@@H]1CCCC[C@H]1O. The molecular weight excluding hydrogens is 194 g/mol. The van der Waals surface area contributed by atoms with Crippen molar-refractivity contribution in [3.05, 3.63) is 0 Å². The molecule has 1 aliphatic carbocycles. The van der Waals surface area contributed by atoms with Gasteiger partial charge >= 0.3 is 0 Å². The molecule has 82 valence electrons. The van der Waals surface area contributed by atoms with Crippen molar-refractivity contribution in [3.8, 4) is 0 Å². The van der Waals surface area contributed by atoms with Gasteiger partial charge in [0.15, 0.2) is 0 Å². The first-order valence-corrected chi connectivity index (χ1v) is 6.94. The summed E-state index contributed by atoms with van der Waals surface area (Å²) in [5.41, 5.74) is 0. The van der Waals surface area contributed by atoms with Crippen molar-refractivity contribution in [1.29, 1.82) is 0 Å². The third kappa shape index (κ3) is 2.44. The predicted octanol–water partition coefficient (Wildman–Crippen LogP) is 1.63. The highest BCUT2D eigenvalue weighted by molar-refractivity contribution is 7.99. The van der Waals surface area contributed by atoms with Gasteiger partial charge in [0.2, 0.25) is 0 Å². The first kappa shape index (κ1) is 10.8. The molecule has 1 aliphatic heterocycles. The molecule has 1 saturated carbocycles. The van der Waals surface area contributed by atoms with Gasteiger partial charge in [0.05, 0.1) is 6.10 Å². The first-order valence-electron chi connectivity index (χ1n) is 5.79. The fourth-order valence-corrected chi connectivity index (χ4v) is 3.87. The minimum absolute atomic E-state index is 0.0958. The Kier molecular flexibility index (Phi) is 3.74. The van der Waals surface area contributed by atoms with E-state index in [1.807, 2.05) is 11.8 Å². The van der Waals surface area contributed by atoms with Gasteiger partial charge in [-0.05, 0) is 24.5 Å². The fraction of sp³-hybridized carbons (Fsp3) is 1.00. The highest BCUT2D eigenvalue weighted by atomic mass is 32.2. The number of thioether (sulfide) groups is 1. The smallest absolute Gasteiger partial charge is 0.0693 e. The number of nitrogens with one attached hydrogen (secondary N) is 1. The zero-order valence-corrected chi connectivity index (χ0v) is 9.72. The zero-order valence-electron chi connectivity index (χ0n) is 8.91. The first-order chi connectivity index (χ1) is 6.77. The summed E-state index contributed by atoms with van der Waals surface area (Å²) in [6.07, 6.45) is 4.54. The molecule has 0 bridgehead atoms. The second-order valence-corrected chi connectivity index (χ2v) is 5.82. The van der Waals surface area contributed by atoms with Crippen LogP contribution in [0.4, 0.5) is 0 Å². The summed E-state index contributed by atoms with van der Waals surface area (Å²) in [6.45, 7) is 2.31. The Morgan fingerprint density at radius 3 is 2.57 bits per heavy atom. The Bertz CT molecular complexity index is 188. The van der Waals surface area contributed by atoms with Gasteiger partial charge in [-0.15, -0.1) is 0 Å². The van der Waals surface area contributed by atoms with Crippen molar-refractivity contribution >= 4 is 11.8 Å². The van der Waals surface area contributed by atoms with Crippen molar-refractivity contribution in [2.45, 2.75) is 50.8 Å². The maximum atomic E-state index is 9.85. The molecule has 0 radical (unpaired) electrons. The minimum Gasteiger partial charge on any atom is -0.392 e. The van der Waals surface area contributed by atoms with Crippen LogP contribution in [0.3, 0.4) is 0 Å². The molecule has 2 fully saturated rings. The quantitative estimate of drug-likeness (QED) is 0.734. The molecule has 1 heterocycles. The second kappa shape index (κ2) is 4.86. The summed E-state index contributed by atoms with van der Waals surface area (Å²) in [7, 11) is 0. The molecule has 0 aromatic heterocycles. The van der Waals surface area contributed by atoms with E-state index in [-0.39, 0.29) is 6.10 Å². The monoisotopic (exact) mass is 215 g/mol. The highest BCUT2D eigenvalue weighted by Gasteiger charge is 2.30. The molecule has 0 aromatic rings. The van der Waals surface area contributed by atoms with Crippen LogP contribution in [0.25, 0.3) is 0 Å². The largest absolute Gasteiger partial charge is 0.392 e. The number of aliphatic hydroxyl groups is 1. The van der Waals surface area contributed by atoms with E-state index in [0.29, 0.717) is 12.1 Å². The van der Waals surface area contributed by atoms with Crippen LogP contribution in [-0.4, -0.2) is 34.8 Å². The Morgan fingerprint density at radius 1 is 1.14 bits per heavy atom. The normalized spacial score (nSPS) is 44.1. The molecule has 3 heteroatoms. The summed E-state index contributed by atoms with van der Waals surface area (Å²) >= 11 is 2.04. The van der Waals surface area contributed by atoms with E-state index in [1.54, 1.807) is 0 Å². The molecule has 2 N–H and O–H groups in total. The van der Waals surface area contributed by atoms with Gasteiger partial charge in [0, 0.05) is 17.8 Å². The molecule has 2 aliphatic rings. The molecule has 2 nitrogen and oxygen atoms in total. The Balaban J connectivity index is 1.83. The van der Waals surface area contributed by atoms with Crippen molar-refractivity contribution < 1.29 is 5.11 Å². The van der Waals surface area contributed by atoms with Crippen LogP contribution >= 0.6 is 11.8 Å².